The summed E-state index contributed by atoms with van der Waals surface area (Å²) in [4.78, 5) is 3.40. The van der Waals surface area contributed by atoms with Crippen LogP contribution in [0.1, 0.15) is 26.7 Å². The van der Waals surface area contributed by atoms with Crippen molar-refractivity contribution >= 4 is 0 Å². The van der Waals surface area contributed by atoms with Crippen LogP contribution in [0, 0.1) is 0 Å². The largest absolute Gasteiger partial charge is 0.376 e. The fourth-order valence-corrected chi connectivity index (χ4v) is 0.846. The van der Waals surface area contributed by atoms with Crippen LogP contribution in [0.4, 0.5) is 4.53 Å². The van der Waals surface area contributed by atoms with Gasteiger partial charge in [0, 0.05) is 6.61 Å². The molecule has 0 aliphatic carbocycles. The van der Waals surface area contributed by atoms with E-state index in [0.29, 0.717) is 0 Å². The van der Waals surface area contributed by atoms with Crippen molar-refractivity contribution in [1.29, 1.82) is 0 Å². The van der Waals surface area contributed by atoms with Crippen molar-refractivity contribution in [3.8, 4) is 0 Å². The van der Waals surface area contributed by atoms with Crippen molar-refractivity contribution in [2.75, 3.05) is 13.2 Å². The second-order valence-electron chi connectivity index (χ2n) is 1.91. The zero-order valence-electron chi connectivity index (χ0n) is 6.60. The first kappa shape index (κ1) is 9.85. The maximum Gasteiger partial charge on any atom is 0.114 e. The number of hydrogen-bond donors (Lipinski definition) is 0. The van der Waals surface area contributed by atoms with Gasteiger partial charge >= 0.3 is 0 Å². The third-order valence-electron chi connectivity index (χ3n) is 1.27. The lowest BCUT2D eigenvalue weighted by Gasteiger charge is -2.02. The van der Waals surface area contributed by atoms with Gasteiger partial charge in [0.1, 0.15) is 6.61 Å². The summed E-state index contributed by atoms with van der Waals surface area (Å²) in [6.45, 7) is 4.86. The Labute approximate surface area is 61.2 Å². The van der Waals surface area contributed by atoms with Gasteiger partial charge in [-0.1, -0.05) is 13.8 Å². The molecule has 0 bridgehead atoms. The van der Waals surface area contributed by atoms with Crippen LogP contribution >= 0.6 is 0 Å². The summed E-state index contributed by atoms with van der Waals surface area (Å²) in [6, 6.07) is 0. The first-order valence-electron chi connectivity index (χ1n) is 3.78. The topological polar surface area (TPSA) is 18.5 Å². The highest BCUT2D eigenvalue weighted by Crippen LogP contribution is 2.11. The third-order valence-corrected chi connectivity index (χ3v) is 1.27. The Morgan fingerprint density at radius 3 is 2.70 bits per heavy atom. The summed E-state index contributed by atoms with van der Waals surface area (Å²) in [7, 11) is 0. The molecule has 1 fully saturated rings. The molecule has 10 heavy (non-hydrogen) atoms. The number of ether oxygens (including phenoxy) is 1. The fraction of sp³-hybridized carbons (Fsp3) is 1.00. The van der Waals surface area contributed by atoms with Crippen molar-refractivity contribution in [1.82, 2.24) is 0 Å². The van der Waals surface area contributed by atoms with Crippen LogP contribution in [0.5, 0.6) is 0 Å². The Hall–Kier alpha value is -0.150. The van der Waals surface area contributed by atoms with Crippen LogP contribution < -0.4 is 0 Å². The molecule has 0 saturated carbocycles. The van der Waals surface area contributed by atoms with Crippen LogP contribution in [0.2, 0.25) is 0 Å². The third kappa shape index (κ3) is 3.80. The molecule has 0 N–H and O–H groups in total. The van der Waals surface area contributed by atoms with E-state index in [-0.39, 0.29) is 12.7 Å². The molecule has 3 heteroatoms. The van der Waals surface area contributed by atoms with Gasteiger partial charge in [0.05, 0.1) is 6.10 Å². The predicted molar refractivity (Wildman–Crippen MR) is 37.4 cm³/mol. The average molecular weight is 150 g/mol. The molecule has 0 aromatic carbocycles. The smallest absolute Gasteiger partial charge is 0.114 e. The number of rotatable bonds is 2. The SMILES string of the molecule is CC.FOCC1CCCO1. The predicted octanol–water partition coefficient (Wildman–Crippen LogP) is 2.09. The Balaban J connectivity index is 0.000000371. The molecule has 0 aromatic rings. The zero-order chi connectivity index (χ0) is 7.82. The summed E-state index contributed by atoms with van der Waals surface area (Å²) >= 11 is 0. The van der Waals surface area contributed by atoms with Gasteiger partial charge in [0.25, 0.3) is 0 Å². The average Bonchev–Trinajstić information content (AvgIpc) is 2.46. The van der Waals surface area contributed by atoms with E-state index in [2.05, 4.69) is 4.94 Å². The fourth-order valence-electron chi connectivity index (χ4n) is 0.846. The molecule has 1 saturated heterocycles. The van der Waals surface area contributed by atoms with Crippen molar-refractivity contribution < 1.29 is 14.2 Å². The van der Waals surface area contributed by atoms with E-state index in [4.69, 9.17) is 4.74 Å². The maximum absolute atomic E-state index is 11.1. The monoisotopic (exact) mass is 150 g/mol. The van der Waals surface area contributed by atoms with E-state index in [1.165, 1.54) is 0 Å². The Morgan fingerprint density at radius 2 is 2.30 bits per heavy atom. The van der Waals surface area contributed by atoms with Gasteiger partial charge in [0.15, 0.2) is 0 Å². The van der Waals surface area contributed by atoms with Gasteiger partial charge in [-0.05, 0) is 17.4 Å². The summed E-state index contributed by atoms with van der Waals surface area (Å²) in [5.41, 5.74) is 0. The van der Waals surface area contributed by atoms with Gasteiger partial charge in [-0.2, -0.15) is 4.94 Å². The Kier molecular flexibility index (Phi) is 6.86. The first-order chi connectivity index (χ1) is 4.93. The van der Waals surface area contributed by atoms with Gasteiger partial charge in [0.2, 0.25) is 0 Å². The highest BCUT2D eigenvalue weighted by atomic mass is 19.3. The van der Waals surface area contributed by atoms with Gasteiger partial charge < -0.3 is 4.74 Å². The standard InChI is InChI=1S/C5H9FO2.C2H6/c6-8-4-5-2-1-3-7-5;1-2/h5H,1-4H2;1-2H3. The molecule has 0 radical (unpaired) electrons. The molecular formula is C7H15FO2. The number of hydrogen-bond acceptors (Lipinski definition) is 2. The van der Waals surface area contributed by atoms with Crippen molar-refractivity contribution in [2.24, 2.45) is 0 Å². The van der Waals surface area contributed by atoms with E-state index in [1.54, 1.807) is 0 Å². The normalized spacial score (nSPS) is 23.7. The van der Waals surface area contributed by atoms with E-state index < -0.39 is 0 Å². The van der Waals surface area contributed by atoms with Gasteiger partial charge in [-0.3, -0.25) is 0 Å². The lowest BCUT2D eigenvalue weighted by atomic mass is 10.2. The molecule has 2 nitrogen and oxygen atoms in total. The lowest BCUT2D eigenvalue weighted by molar-refractivity contribution is -0.158. The van der Waals surface area contributed by atoms with Crippen LogP contribution in [-0.2, 0) is 9.68 Å². The van der Waals surface area contributed by atoms with Crippen molar-refractivity contribution in [3.63, 3.8) is 0 Å². The summed E-state index contributed by atoms with van der Waals surface area (Å²) in [5, 5.41) is 0. The Morgan fingerprint density at radius 1 is 1.60 bits per heavy atom. The van der Waals surface area contributed by atoms with E-state index >= 15 is 0 Å². The zero-order valence-corrected chi connectivity index (χ0v) is 6.60. The van der Waals surface area contributed by atoms with Gasteiger partial charge in [-0.15, -0.1) is 0 Å². The summed E-state index contributed by atoms with van der Waals surface area (Å²) in [5.74, 6) is 0. The van der Waals surface area contributed by atoms with E-state index in [9.17, 15) is 4.53 Å². The van der Waals surface area contributed by atoms with E-state index in [1.807, 2.05) is 13.8 Å². The number of halogens is 1. The molecule has 1 rings (SSSR count). The molecule has 1 atom stereocenters. The van der Waals surface area contributed by atoms with Crippen LogP contribution in [0.15, 0.2) is 0 Å². The molecule has 1 aliphatic heterocycles. The molecule has 1 unspecified atom stereocenters. The van der Waals surface area contributed by atoms with Crippen LogP contribution in [0.3, 0.4) is 0 Å². The van der Waals surface area contributed by atoms with Crippen LogP contribution in [-0.4, -0.2) is 19.3 Å². The van der Waals surface area contributed by atoms with Crippen molar-refractivity contribution in [2.45, 2.75) is 32.8 Å². The molecule has 0 amide bonds. The van der Waals surface area contributed by atoms with Gasteiger partial charge in [-0.25, -0.2) is 0 Å². The quantitative estimate of drug-likeness (QED) is 0.600. The summed E-state index contributed by atoms with van der Waals surface area (Å²) < 4.78 is 16.1. The minimum Gasteiger partial charge on any atom is -0.376 e. The highest BCUT2D eigenvalue weighted by Gasteiger charge is 2.14. The molecule has 0 aromatic heterocycles. The molecule has 0 spiro atoms. The maximum atomic E-state index is 11.1. The minimum atomic E-state index is 0.0139. The molecule has 1 aliphatic rings. The van der Waals surface area contributed by atoms with Crippen molar-refractivity contribution in [3.05, 3.63) is 0 Å². The second kappa shape index (κ2) is 6.96. The van der Waals surface area contributed by atoms with Crippen LogP contribution in [0.25, 0.3) is 0 Å². The first-order valence-corrected chi connectivity index (χ1v) is 3.78. The van der Waals surface area contributed by atoms with E-state index in [0.717, 1.165) is 19.4 Å². The summed E-state index contributed by atoms with van der Waals surface area (Å²) in [6.07, 6.45) is 1.98. The lowest BCUT2D eigenvalue weighted by Crippen LogP contribution is -2.10. The Bertz CT molecular complexity index is 62.6. The molecule has 1 heterocycles. The molecular weight excluding hydrogens is 135 g/mol. The highest BCUT2D eigenvalue weighted by molar-refractivity contribution is 4.62. The second-order valence-corrected chi connectivity index (χ2v) is 1.91. The minimum absolute atomic E-state index is 0.0139. The molecule has 62 valence electrons.